The van der Waals surface area contributed by atoms with Crippen LogP contribution in [-0.4, -0.2) is 38.6 Å². The number of aromatic amines is 1. The highest BCUT2D eigenvalue weighted by Crippen LogP contribution is 2.18. The van der Waals surface area contributed by atoms with Gasteiger partial charge in [-0.25, -0.2) is 4.98 Å². The molecule has 2 aromatic heterocycles. The summed E-state index contributed by atoms with van der Waals surface area (Å²) >= 11 is 0. The van der Waals surface area contributed by atoms with Gasteiger partial charge < -0.3 is 10.6 Å². The van der Waals surface area contributed by atoms with Gasteiger partial charge in [-0.15, -0.1) is 10.2 Å². The van der Waals surface area contributed by atoms with E-state index in [-0.39, 0.29) is 17.9 Å². The molecule has 0 fully saturated rings. The highest BCUT2D eigenvalue weighted by Gasteiger charge is 2.16. The van der Waals surface area contributed by atoms with Crippen molar-refractivity contribution in [1.82, 2.24) is 30.9 Å². The normalized spacial score (nSPS) is 12.2. The lowest BCUT2D eigenvalue weighted by molar-refractivity contribution is 0.0938. The van der Waals surface area contributed by atoms with E-state index in [1.54, 1.807) is 26.1 Å². The Balaban J connectivity index is 2.20. The van der Waals surface area contributed by atoms with E-state index < -0.39 is 0 Å². The van der Waals surface area contributed by atoms with Gasteiger partial charge in [-0.2, -0.15) is 5.21 Å². The van der Waals surface area contributed by atoms with Crippen LogP contribution in [0, 0.1) is 0 Å². The number of aromatic nitrogens is 5. The summed E-state index contributed by atoms with van der Waals surface area (Å²) in [5.74, 6) is 1.14. The second kappa shape index (κ2) is 6.29. The van der Waals surface area contributed by atoms with Crippen LogP contribution in [0.3, 0.4) is 0 Å². The van der Waals surface area contributed by atoms with E-state index in [0.29, 0.717) is 17.2 Å². The molecule has 0 spiro atoms. The summed E-state index contributed by atoms with van der Waals surface area (Å²) in [4.78, 5) is 16.8. The predicted octanol–water partition coefficient (Wildman–Crippen LogP) is 1.25. The minimum Gasteiger partial charge on any atom is -0.373 e. The van der Waals surface area contributed by atoms with Crippen molar-refractivity contribution < 1.29 is 4.79 Å². The molecular weight excluding hydrogens is 270 g/mol. The summed E-state index contributed by atoms with van der Waals surface area (Å²) in [7, 11) is 1.77. The van der Waals surface area contributed by atoms with Crippen LogP contribution in [0.2, 0.25) is 0 Å². The van der Waals surface area contributed by atoms with Crippen LogP contribution in [-0.2, 0) is 0 Å². The molecule has 1 unspecified atom stereocenters. The SMILES string of the molecule is CNc1cc(C(=O)NC(C)c2nn[nH]n2)cc(C(C)C)n1. The van der Waals surface area contributed by atoms with Crippen LogP contribution < -0.4 is 10.6 Å². The molecule has 3 N–H and O–H groups in total. The number of rotatable bonds is 5. The van der Waals surface area contributed by atoms with Crippen LogP contribution in [0.25, 0.3) is 0 Å². The van der Waals surface area contributed by atoms with Crippen molar-refractivity contribution in [2.45, 2.75) is 32.7 Å². The number of anilines is 1. The van der Waals surface area contributed by atoms with Crippen LogP contribution in [0.1, 0.15) is 54.6 Å². The number of nitrogens with one attached hydrogen (secondary N) is 3. The number of nitrogens with zero attached hydrogens (tertiary/aromatic N) is 4. The Kier molecular flexibility index (Phi) is 4.46. The molecule has 2 aromatic rings. The zero-order valence-corrected chi connectivity index (χ0v) is 12.5. The van der Waals surface area contributed by atoms with Gasteiger partial charge in [0.25, 0.3) is 5.91 Å². The number of carbonyl (C=O) groups excluding carboxylic acids is 1. The molecule has 8 heteroatoms. The van der Waals surface area contributed by atoms with Gasteiger partial charge in [0.15, 0.2) is 5.82 Å². The van der Waals surface area contributed by atoms with E-state index in [9.17, 15) is 4.79 Å². The number of carbonyl (C=O) groups is 1. The molecule has 0 saturated carbocycles. The highest BCUT2D eigenvalue weighted by molar-refractivity contribution is 5.95. The molecule has 0 aromatic carbocycles. The van der Waals surface area contributed by atoms with Crippen molar-refractivity contribution in [3.63, 3.8) is 0 Å². The largest absolute Gasteiger partial charge is 0.373 e. The summed E-state index contributed by atoms with van der Waals surface area (Å²) in [6.45, 7) is 5.86. The van der Waals surface area contributed by atoms with Gasteiger partial charge in [-0.1, -0.05) is 19.1 Å². The number of H-pyrrole nitrogens is 1. The van der Waals surface area contributed by atoms with Gasteiger partial charge in [0.05, 0.1) is 6.04 Å². The quantitative estimate of drug-likeness (QED) is 0.764. The molecule has 2 heterocycles. The van der Waals surface area contributed by atoms with Crippen LogP contribution in [0.4, 0.5) is 5.82 Å². The van der Waals surface area contributed by atoms with Gasteiger partial charge >= 0.3 is 0 Å². The molecular formula is C13H19N7O. The van der Waals surface area contributed by atoms with Crippen molar-refractivity contribution in [3.8, 4) is 0 Å². The minimum absolute atomic E-state index is 0.201. The first kappa shape index (κ1) is 14.9. The first-order valence-electron chi connectivity index (χ1n) is 6.75. The fourth-order valence-corrected chi connectivity index (χ4v) is 1.80. The third-order valence-electron chi connectivity index (χ3n) is 3.05. The summed E-state index contributed by atoms with van der Waals surface area (Å²) in [6, 6.07) is 3.18. The minimum atomic E-state index is -0.329. The van der Waals surface area contributed by atoms with Crippen molar-refractivity contribution in [2.24, 2.45) is 0 Å². The van der Waals surface area contributed by atoms with E-state index in [4.69, 9.17) is 0 Å². The molecule has 0 saturated heterocycles. The monoisotopic (exact) mass is 289 g/mol. The fourth-order valence-electron chi connectivity index (χ4n) is 1.80. The summed E-state index contributed by atoms with van der Waals surface area (Å²) in [6.07, 6.45) is 0. The van der Waals surface area contributed by atoms with E-state index in [1.165, 1.54) is 0 Å². The standard InChI is InChI=1S/C13H19N7O/c1-7(2)10-5-9(6-11(14-4)16-10)13(21)15-8(3)12-17-19-20-18-12/h5-8H,1-4H3,(H,14,16)(H,15,21)(H,17,18,19,20). The first-order chi connectivity index (χ1) is 10.0. The maximum atomic E-state index is 12.3. The summed E-state index contributed by atoms with van der Waals surface area (Å²) < 4.78 is 0. The molecule has 0 aliphatic heterocycles. The lowest BCUT2D eigenvalue weighted by atomic mass is 10.1. The molecule has 0 aliphatic carbocycles. The predicted molar refractivity (Wildman–Crippen MR) is 77.9 cm³/mol. The molecule has 8 nitrogen and oxygen atoms in total. The topological polar surface area (TPSA) is 108 Å². The first-order valence-corrected chi connectivity index (χ1v) is 6.75. The molecule has 0 radical (unpaired) electrons. The van der Waals surface area contributed by atoms with Gasteiger partial charge in [0.2, 0.25) is 0 Å². The Labute approximate surface area is 122 Å². The van der Waals surface area contributed by atoms with E-state index >= 15 is 0 Å². The second-order valence-corrected chi connectivity index (χ2v) is 5.04. The highest BCUT2D eigenvalue weighted by atomic mass is 16.1. The summed E-state index contributed by atoms with van der Waals surface area (Å²) in [5.41, 5.74) is 1.41. The number of hydrogen-bond acceptors (Lipinski definition) is 6. The van der Waals surface area contributed by atoms with E-state index in [2.05, 4.69) is 36.2 Å². The van der Waals surface area contributed by atoms with Crippen molar-refractivity contribution >= 4 is 11.7 Å². The molecule has 0 aliphatic rings. The van der Waals surface area contributed by atoms with Gasteiger partial charge in [0, 0.05) is 18.3 Å². The van der Waals surface area contributed by atoms with Crippen LogP contribution >= 0.6 is 0 Å². The molecule has 1 amide bonds. The Hall–Kier alpha value is -2.51. The zero-order valence-electron chi connectivity index (χ0n) is 12.5. The second-order valence-electron chi connectivity index (χ2n) is 5.04. The number of hydrogen-bond donors (Lipinski definition) is 3. The maximum absolute atomic E-state index is 12.3. The maximum Gasteiger partial charge on any atom is 0.252 e. The Bertz CT molecular complexity index is 609. The smallest absolute Gasteiger partial charge is 0.252 e. The van der Waals surface area contributed by atoms with Crippen molar-refractivity contribution in [1.29, 1.82) is 0 Å². The summed E-state index contributed by atoms with van der Waals surface area (Å²) in [5, 5.41) is 19.4. The van der Waals surface area contributed by atoms with E-state index in [0.717, 1.165) is 5.69 Å². The van der Waals surface area contributed by atoms with Gasteiger partial charge in [-0.3, -0.25) is 4.79 Å². The third-order valence-corrected chi connectivity index (χ3v) is 3.05. The molecule has 21 heavy (non-hydrogen) atoms. The lowest BCUT2D eigenvalue weighted by Crippen LogP contribution is -2.27. The van der Waals surface area contributed by atoms with Crippen LogP contribution in [0.15, 0.2) is 12.1 Å². The molecule has 112 valence electrons. The van der Waals surface area contributed by atoms with Gasteiger partial charge in [-0.05, 0) is 25.0 Å². The van der Waals surface area contributed by atoms with Gasteiger partial charge in [0.1, 0.15) is 5.82 Å². The lowest BCUT2D eigenvalue weighted by Gasteiger charge is -2.13. The van der Waals surface area contributed by atoms with Crippen LogP contribution in [0.5, 0.6) is 0 Å². The molecule has 0 bridgehead atoms. The van der Waals surface area contributed by atoms with E-state index in [1.807, 2.05) is 13.8 Å². The Morgan fingerprint density at radius 1 is 1.29 bits per heavy atom. The van der Waals surface area contributed by atoms with Crippen molar-refractivity contribution in [3.05, 3.63) is 29.2 Å². The Morgan fingerprint density at radius 2 is 2.05 bits per heavy atom. The fraction of sp³-hybridized carbons (Fsp3) is 0.462. The third kappa shape index (κ3) is 3.53. The molecule has 2 rings (SSSR count). The van der Waals surface area contributed by atoms with Crippen molar-refractivity contribution in [2.75, 3.05) is 12.4 Å². The number of amides is 1. The number of pyridine rings is 1. The zero-order chi connectivity index (χ0) is 15.4. The average molecular weight is 289 g/mol. The Morgan fingerprint density at radius 3 is 2.62 bits per heavy atom. The average Bonchev–Trinajstić information content (AvgIpc) is 3.00. The molecule has 1 atom stereocenters. The number of tetrazole rings is 1.